The summed E-state index contributed by atoms with van der Waals surface area (Å²) < 4.78 is 23.4. The fourth-order valence-corrected chi connectivity index (χ4v) is 4.54. The molecule has 1 aliphatic heterocycles. The number of nitrogens with one attached hydrogen (secondary N) is 1. The second kappa shape index (κ2) is 11.5. The minimum Gasteiger partial charge on any atom is -0.463 e. The van der Waals surface area contributed by atoms with Crippen LogP contribution in [0.15, 0.2) is 11.4 Å². The topological polar surface area (TPSA) is 191 Å². The normalized spacial score (nSPS) is 22.6. The van der Waals surface area contributed by atoms with Gasteiger partial charge in [0.25, 0.3) is 5.69 Å². The molecule has 0 aromatic carbocycles. The number of esters is 3. The molecule has 1 N–H and O–H groups in total. The highest BCUT2D eigenvalue weighted by molar-refractivity contribution is 7.98. The van der Waals surface area contributed by atoms with Crippen LogP contribution in [0.4, 0.5) is 11.5 Å². The number of aromatic nitrogens is 3. The van der Waals surface area contributed by atoms with Gasteiger partial charge >= 0.3 is 17.9 Å². The van der Waals surface area contributed by atoms with Crippen molar-refractivity contribution in [2.24, 2.45) is 0 Å². The predicted molar refractivity (Wildman–Crippen MR) is 132 cm³/mol. The van der Waals surface area contributed by atoms with Crippen molar-refractivity contribution in [1.82, 2.24) is 14.5 Å². The molecule has 17 heteroatoms. The van der Waals surface area contributed by atoms with E-state index < -0.39 is 64.3 Å². The Kier molecular flexibility index (Phi) is 8.79. The third-order valence-electron chi connectivity index (χ3n) is 5.45. The fourth-order valence-electron chi connectivity index (χ4n) is 4.11. The molecule has 1 aliphatic rings. The van der Waals surface area contributed by atoms with Gasteiger partial charge < -0.3 is 24.3 Å². The van der Waals surface area contributed by atoms with Gasteiger partial charge in [-0.2, -0.15) is 0 Å². The zero-order chi connectivity index (χ0) is 28.4. The van der Waals surface area contributed by atoms with Crippen LogP contribution >= 0.6 is 23.4 Å². The Bertz CT molecular complexity index is 1300. The van der Waals surface area contributed by atoms with E-state index >= 15 is 0 Å². The molecule has 3 rings (SSSR count). The smallest absolute Gasteiger partial charge is 0.303 e. The molecule has 0 spiro atoms. The summed E-state index contributed by atoms with van der Waals surface area (Å²) in [5.41, 5.74) is -2.33. The molecule has 4 atom stereocenters. The van der Waals surface area contributed by atoms with Gasteiger partial charge in [-0.3, -0.25) is 33.9 Å². The minimum atomic E-state index is -1.77. The number of carbonyl (C=O) groups is 4. The first-order valence-corrected chi connectivity index (χ1v) is 12.7. The third kappa shape index (κ3) is 5.81. The lowest BCUT2D eigenvalue weighted by Crippen LogP contribution is -2.50. The summed E-state index contributed by atoms with van der Waals surface area (Å²) >= 11 is 6.69. The lowest BCUT2D eigenvalue weighted by molar-refractivity contribution is -0.383. The molecule has 0 radical (unpaired) electrons. The maximum absolute atomic E-state index is 12.2. The summed E-state index contributed by atoms with van der Waals surface area (Å²) in [5.74, 6) is -3.44. The molecule has 0 saturated carbocycles. The van der Waals surface area contributed by atoms with Crippen molar-refractivity contribution < 1.29 is 43.0 Å². The summed E-state index contributed by atoms with van der Waals surface area (Å²) in [6, 6.07) is 0. The zero-order valence-corrected chi connectivity index (χ0v) is 22.5. The van der Waals surface area contributed by atoms with Crippen LogP contribution in [-0.2, 0) is 38.1 Å². The number of hydrogen-bond donors (Lipinski definition) is 1. The van der Waals surface area contributed by atoms with Crippen molar-refractivity contribution in [2.75, 3.05) is 24.1 Å². The standard InChI is InChI=1S/C21H24ClN5O10S/c1-9(28)34-8-13-16(35-10(2)29)21(4,37-11(3)30)19(36-13)26-7-12(27(32)33)15-17(23-14(31)6-22)24-20(38-5)25-18(15)26/h7,13,16,19H,6,8H2,1-5H3,(H,23,24,25,31)/t13-,16-,19?,21-/m1/s1. The van der Waals surface area contributed by atoms with Crippen molar-refractivity contribution in [3.8, 4) is 0 Å². The maximum atomic E-state index is 12.2. The number of hydrogen-bond acceptors (Lipinski definition) is 13. The Morgan fingerprint density at radius 1 is 1.24 bits per heavy atom. The number of thioether (sulfide) groups is 1. The summed E-state index contributed by atoms with van der Waals surface area (Å²) in [6.45, 7) is 4.44. The molecule has 3 heterocycles. The summed E-state index contributed by atoms with van der Waals surface area (Å²) in [4.78, 5) is 67.5. The lowest BCUT2D eigenvalue weighted by atomic mass is 9.95. The van der Waals surface area contributed by atoms with Crippen molar-refractivity contribution >= 4 is 69.7 Å². The predicted octanol–water partition coefficient (Wildman–Crippen LogP) is 1.95. The van der Waals surface area contributed by atoms with E-state index in [0.717, 1.165) is 31.8 Å². The van der Waals surface area contributed by atoms with Crippen LogP contribution in [0.5, 0.6) is 0 Å². The summed E-state index contributed by atoms with van der Waals surface area (Å²) in [6.07, 6.45) is -1.07. The van der Waals surface area contributed by atoms with Gasteiger partial charge in [0.2, 0.25) is 5.91 Å². The van der Waals surface area contributed by atoms with Crippen LogP contribution in [0.3, 0.4) is 0 Å². The van der Waals surface area contributed by atoms with Crippen molar-refractivity contribution in [3.63, 3.8) is 0 Å². The van der Waals surface area contributed by atoms with E-state index in [-0.39, 0.29) is 28.6 Å². The maximum Gasteiger partial charge on any atom is 0.303 e. The van der Waals surface area contributed by atoms with Gasteiger partial charge in [-0.15, -0.1) is 11.6 Å². The van der Waals surface area contributed by atoms with Crippen LogP contribution in [-0.4, -0.2) is 79.8 Å². The number of anilines is 1. The Labute approximate surface area is 224 Å². The molecule has 206 valence electrons. The quantitative estimate of drug-likeness (QED) is 0.0871. The first-order valence-electron chi connectivity index (χ1n) is 10.9. The average Bonchev–Trinajstić information content (AvgIpc) is 3.32. The van der Waals surface area contributed by atoms with Crippen LogP contribution in [0.25, 0.3) is 11.0 Å². The summed E-state index contributed by atoms with van der Waals surface area (Å²) in [5, 5.41) is 14.5. The highest BCUT2D eigenvalue weighted by Gasteiger charge is 2.60. The van der Waals surface area contributed by atoms with Crippen molar-refractivity contribution in [1.29, 1.82) is 0 Å². The van der Waals surface area contributed by atoms with E-state index in [1.54, 1.807) is 6.26 Å². The average molecular weight is 574 g/mol. The molecule has 15 nitrogen and oxygen atoms in total. The second-order valence-corrected chi connectivity index (χ2v) is 9.30. The van der Waals surface area contributed by atoms with E-state index in [4.69, 9.17) is 30.5 Å². The molecule has 0 bridgehead atoms. The van der Waals surface area contributed by atoms with Crippen LogP contribution in [0.1, 0.15) is 33.9 Å². The van der Waals surface area contributed by atoms with Gasteiger partial charge in [0, 0.05) is 20.8 Å². The molecular formula is C21H24ClN5O10S. The zero-order valence-electron chi connectivity index (χ0n) is 20.9. The number of amides is 1. The molecule has 1 amide bonds. The third-order valence-corrected chi connectivity index (χ3v) is 6.24. The number of nitro groups is 1. The Morgan fingerprint density at radius 3 is 2.45 bits per heavy atom. The first kappa shape index (κ1) is 29.1. The monoisotopic (exact) mass is 573 g/mol. The number of ether oxygens (including phenoxy) is 4. The molecule has 38 heavy (non-hydrogen) atoms. The number of fused-ring (bicyclic) bond motifs is 1. The number of alkyl halides is 1. The van der Waals surface area contributed by atoms with Gasteiger partial charge in [-0.1, -0.05) is 11.8 Å². The number of nitrogens with zero attached hydrogens (tertiary/aromatic N) is 4. The van der Waals surface area contributed by atoms with Crippen LogP contribution in [0, 0.1) is 10.1 Å². The fraction of sp³-hybridized carbons (Fsp3) is 0.524. The Morgan fingerprint density at radius 2 is 1.92 bits per heavy atom. The summed E-state index contributed by atoms with van der Waals surface area (Å²) in [7, 11) is 0. The molecular weight excluding hydrogens is 550 g/mol. The second-order valence-electron chi connectivity index (χ2n) is 8.26. The molecule has 0 aliphatic carbocycles. The van der Waals surface area contributed by atoms with Crippen molar-refractivity contribution in [3.05, 3.63) is 16.3 Å². The minimum absolute atomic E-state index is 0.0565. The van der Waals surface area contributed by atoms with E-state index in [1.807, 2.05) is 0 Å². The highest BCUT2D eigenvalue weighted by Crippen LogP contribution is 2.46. The lowest BCUT2D eigenvalue weighted by Gasteiger charge is -2.34. The largest absolute Gasteiger partial charge is 0.463 e. The van der Waals surface area contributed by atoms with Gasteiger partial charge in [-0.05, 0) is 13.2 Å². The van der Waals surface area contributed by atoms with Gasteiger partial charge in [-0.25, -0.2) is 9.97 Å². The number of rotatable bonds is 9. The number of halogens is 1. The SMILES string of the molecule is CSc1nc(NC(=O)CCl)c2c([N+](=O)[O-])cn(C3O[C@H](COC(C)=O)[C@@H](OC(C)=O)[C@@]3(C)OC(C)=O)c2n1. The molecule has 2 aromatic rings. The van der Waals surface area contributed by atoms with E-state index in [9.17, 15) is 29.3 Å². The van der Waals surface area contributed by atoms with E-state index in [1.165, 1.54) is 18.4 Å². The highest BCUT2D eigenvalue weighted by atomic mass is 35.5. The molecule has 1 unspecified atom stereocenters. The van der Waals surface area contributed by atoms with E-state index in [0.29, 0.717) is 0 Å². The Balaban J connectivity index is 2.30. The van der Waals surface area contributed by atoms with Crippen molar-refractivity contribution in [2.45, 2.75) is 56.9 Å². The molecule has 1 saturated heterocycles. The Hall–Kier alpha value is -3.50. The number of carbonyl (C=O) groups excluding carboxylic acids is 4. The first-order chi connectivity index (χ1) is 17.8. The molecule has 2 aromatic heterocycles. The van der Waals surface area contributed by atoms with Gasteiger partial charge in [0.15, 0.2) is 34.6 Å². The van der Waals surface area contributed by atoms with Gasteiger partial charge in [0.1, 0.15) is 24.0 Å². The van der Waals surface area contributed by atoms with Gasteiger partial charge in [0.05, 0.1) is 11.1 Å². The van der Waals surface area contributed by atoms with E-state index in [2.05, 4.69) is 15.3 Å². The van der Waals surface area contributed by atoms with Crippen LogP contribution < -0.4 is 5.32 Å². The molecule has 1 fully saturated rings. The van der Waals surface area contributed by atoms with Crippen LogP contribution in [0.2, 0.25) is 0 Å².